The van der Waals surface area contributed by atoms with Crippen molar-refractivity contribution in [3.63, 3.8) is 0 Å². The number of nitro groups is 1. The van der Waals surface area contributed by atoms with E-state index in [-0.39, 0.29) is 17.1 Å². The maximum absolute atomic E-state index is 12.3. The molecule has 3 rings (SSSR count). The van der Waals surface area contributed by atoms with Crippen molar-refractivity contribution in [2.24, 2.45) is 0 Å². The standard InChI is InChI=1S/C18H18N4O4S/c1-13-2-4-14(5-3-13)27(25,26)21-11-10-20-17-6-7-18(22(23)24)16-12-19-9-8-15(16)17/h2-9,12,20-21H,10-11H2,1H3. The van der Waals surface area contributed by atoms with E-state index in [1.165, 1.54) is 12.3 Å². The number of hydrogen-bond donors (Lipinski definition) is 2. The van der Waals surface area contributed by atoms with E-state index in [2.05, 4.69) is 15.0 Å². The Hall–Kier alpha value is -3.04. The van der Waals surface area contributed by atoms with Gasteiger partial charge in [0, 0.05) is 42.6 Å². The summed E-state index contributed by atoms with van der Waals surface area (Å²) < 4.78 is 27.1. The largest absolute Gasteiger partial charge is 0.383 e. The van der Waals surface area contributed by atoms with Gasteiger partial charge in [-0.25, -0.2) is 13.1 Å². The lowest BCUT2D eigenvalue weighted by Crippen LogP contribution is -2.28. The molecule has 27 heavy (non-hydrogen) atoms. The molecule has 0 saturated heterocycles. The topological polar surface area (TPSA) is 114 Å². The lowest BCUT2D eigenvalue weighted by Gasteiger charge is -2.11. The third-order valence-electron chi connectivity index (χ3n) is 4.06. The zero-order valence-corrected chi connectivity index (χ0v) is 15.4. The van der Waals surface area contributed by atoms with Crippen molar-refractivity contribution >= 4 is 32.2 Å². The molecule has 2 N–H and O–H groups in total. The Kier molecular flexibility index (Phi) is 5.33. The van der Waals surface area contributed by atoms with Crippen molar-refractivity contribution in [3.8, 4) is 0 Å². The summed E-state index contributed by atoms with van der Waals surface area (Å²) in [4.78, 5) is 14.8. The number of nitro benzene ring substituents is 1. The first-order chi connectivity index (χ1) is 12.9. The van der Waals surface area contributed by atoms with Gasteiger partial charge in [0.15, 0.2) is 0 Å². The Bertz CT molecular complexity index is 1080. The highest BCUT2D eigenvalue weighted by molar-refractivity contribution is 7.89. The van der Waals surface area contributed by atoms with Crippen molar-refractivity contribution in [2.45, 2.75) is 11.8 Å². The van der Waals surface area contributed by atoms with Crippen LogP contribution in [-0.4, -0.2) is 31.4 Å². The molecule has 9 heteroatoms. The zero-order chi connectivity index (χ0) is 19.4. The maximum Gasteiger partial charge on any atom is 0.278 e. The number of benzene rings is 2. The van der Waals surface area contributed by atoms with E-state index in [0.29, 0.717) is 23.0 Å². The molecule has 0 atom stereocenters. The van der Waals surface area contributed by atoms with E-state index in [1.807, 2.05) is 6.92 Å². The van der Waals surface area contributed by atoms with E-state index in [9.17, 15) is 18.5 Å². The number of anilines is 1. The van der Waals surface area contributed by atoms with Gasteiger partial charge in [-0.2, -0.15) is 0 Å². The third kappa shape index (κ3) is 4.21. The summed E-state index contributed by atoms with van der Waals surface area (Å²) in [6, 6.07) is 11.3. The van der Waals surface area contributed by atoms with Crippen LogP contribution in [0.2, 0.25) is 0 Å². The van der Waals surface area contributed by atoms with Crippen LogP contribution in [0, 0.1) is 17.0 Å². The second kappa shape index (κ2) is 7.68. The molecule has 0 aliphatic rings. The molecule has 1 aromatic heterocycles. The molecule has 8 nitrogen and oxygen atoms in total. The highest BCUT2D eigenvalue weighted by atomic mass is 32.2. The first kappa shape index (κ1) is 18.7. The lowest BCUT2D eigenvalue weighted by atomic mass is 10.1. The number of sulfonamides is 1. The molecule has 0 spiro atoms. The Balaban J connectivity index is 1.68. The van der Waals surface area contributed by atoms with Crippen molar-refractivity contribution < 1.29 is 13.3 Å². The second-order valence-corrected chi connectivity index (χ2v) is 7.72. The van der Waals surface area contributed by atoms with Crippen LogP contribution in [0.15, 0.2) is 59.8 Å². The van der Waals surface area contributed by atoms with Gasteiger partial charge in [-0.1, -0.05) is 17.7 Å². The number of fused-ring (bicyclic) bond motifs is 1. The summed E-state index contributed by atoms with van der Waals surface area (Å²) in [5.41, 5.74) is 1.63. The zero-order valence-electron chi connectivity index (χ0n) is 14.5. The number of aromatic nitrogens is 1. The number of pyridine rings is 1. The molecule has 2 aromatic carbocycles. The second-order valence-electron chi connectivity index (χ2n) is 5.95. The number of non-ortho nitro benzene ring substituents is 1. The van der Waals surface area contributed by atoms with Crippen LogP contribution in [-0.2, 0) is 10.0 Å². The Labute approximate surface area is 156 Å². The van der Waals surface area contributed by atoms with Gasteiger partial charge in [-0.3, -0.25) is 15.1 Å². The van der Waals surface area contributed by atoms with Gasteiger partial charge in [0.25, 0.3) is 5.69 Å². The predicted octanol–water partition coefficient (Wildman–Crippen LogP) is 2.84. The summed E-state index contributed by atoms with van der Waals surface area (Å²) in [6.07, 6.45) is 3.00. The molecular weight excluding hydrogens is 368 g/mol. The van der Waals surface area contributed by atoms with Gasteiger partial charge < -0.3 is 5.32 Å². The van der Waals surface area contributed by atoms with Crippen LogP contribution in [0.1, 0.15) is 5.56 Å². The molecular formula is C18H18N4O4S. The fraction of sp³-hybridized carbons (Fsp3) is 0.167. The third-order valence-corrected chi connectivity index (χ3v) is 5.53. The molecule has 0 aliphatic carbocycles. The number of aryl methyl sites for hydroxylation is 1. The Morgan fingerprint density at radius 2 is 1.78 bits per heavy atom. The van der Waals surface area contributed by atoms with Gasteiger partial charge in [-0.05, 0) is 31.2 Å². The molecule has 0 radical (unpaired) electrons. The summed E-state index contributed by atoms with van der Waals surface area (Å²) in [7, 11) is -3.58. The average Bonchev–Trinajstić information content (AvgIpc) is 2.65. The van der Waals surface area contributed by atoms with Crippen molar-refractivity contribution in [1.82, 2.24) is 9.71 Å². The normalized spacial score (nSPS) is 11.4. The van der Waals surface area contributed by atoms with Gasteiger partial charge >= 0.3 is 0 Å². The monoisotopic (exact) mass is 386 g/mol. The summed E-state index contributed by atoms with van der Waals surface area (Å²) in [6.45, 7) is 2.37. The van der Waals surface area contributed by atoms with Crippen molar-refractivity contribution in [2.75, 3.05) is 18.4 Å². The lowest BCUT2D eigenvalue weighted by molar-refractivity contribution is -0.383. The Morgan fingerprint density at radius 3 is 2.48 bits per heavy atom. The highest BCUT2D eigenvalue weighted by Gasteiger charge is 2.15. The minimum atomic E-state index is -3.58. The first-order valence-corrected chi connectivity index (χ1v) is 9.68. The van der Waals surface area contributed by atoms with E-state index in [1.54, 1.807) is 42.6 Å². The number of nitrogens with zero attached hydrogens (tertiary/aromatic N) is 2. The SMILES string of the molecule is Cc1ccc(S(=O)(=O)NCCNc2ccc([N+](=O)[O-])c3cnccc23)cc1. The minimum absolute atomic E-state index is 0.0243. The highest BCUT2D eigenvalue weighted by Crippen LogP contribution is 2.30. The molecule has 3 aromatic rings. The van der Waals surface area contributed by atoms with Crippen LogP contribution in [0.4, 0.5) is 11.4 Å². The predicted molar refractivity (Wildman–Crippen MR) is 103 cm³/mol. The summed E-state index contributed by atoms with van der Waals surface area (Å²) in [5, 5.41) is 15.3. The van der Waals surface area contributed by atoms with Gasteiger partial charge in [-0.15, -0.1) is 0 Å². The first-order valence-electron chi connectivity index (χ1n) is 8.20. The van der Waals surface area contributed by atoms with Gasteiger partial charge in [0.05, 0.1) is 15.2 Å². The van der Waals surface area contributed by atoms with Crippen molar-refractivity contribution in [3.05, 3.63) is 70.5 Å². The van der Waals surface area contributed by atoms with Crippen molar-refractivity contribution in [1.29, 1.82) is 0 Å². The fourth-order valence-electron chi connectivity index (χ4n) is 2.67. The summed E-state index contributed by atoms with van der Waals surface area (Å²) in [5.74, 6) is 0. The molecule has 0 bridgehead atoms. The van der Waals surface area contributed by atoms with Crippen LogP contribution in [0.3, 0.4) is 0 Å². The van der Waals surface area contributed by atoms with Gasteiger partial charge in [0.2, 0.25) is 10.0 Å². The van der Waals surface area contributed by atoms with E-state index < -0.39 is 14.9 Å². The molecule has 0 saturated carbocycles. The summed E-state index contributed by atoms with van der Waals surface area (Å²) >= 11 is 0. The smallest absolute Gasteiger partial charge is 0.278 e. The van der Waals surface area contributed by atoms with Crippen LogP contribution in [0.25, 0.3) is 10.8 Å². The van der Waals surface area contributed by atoms with Crippen LogP contribution < -0.4 is 10.0 Å². The number of nitrogens with one attached hydrogen (secondary N) is 2. The number of rotatable bonds is 7. The minimum Gasteiger partial charge on any atom is -0.383 e. The van der Waals surface area contributed by atoms with E-state index >= 15 is 0 Å². The van der Waals surface area contributed by atoms with Gasteiger partial charge in [0.1, 0.15) is 0 Å². The molecule has 0 aliphatic heterocycles. The van der Waals surface area contributed by atoms with Crippen LogP contribution >= 0.6 is 0 Å². The molecule has 1 heterocycles. The maximum atomic E-state index is 12.3. The number of hydrogen-bond acceptors (Lipinski definition) is 6. The van der Waals surface area contributed by atoms with Crippen LogP contribution in [0.5, 0.6) is 0 Å². The Morgan fingerprint density at radius 1 is 1.04 bits per heavy atom. The molecule has 0 fully saturated rings. The average molecular weight is 386 g/mol. The molecule has 140 valence electrons. The van der Waals surface area contributed by atoms with E-state index in [0.717, 1.165) is 5.56 Å². The fourth-order valence-corrected chi connectivity index (χ4v) is 3.70. The van der Waals surface area contributed by atoms with E-state index in [4.69, 9.17) is 0 Å². The quantitative estimate of drug-likeness (QED) is 0.367. The molecule has 0 amide bonds. The molecule has 0 unspecified atom stereocenters.